The third-order valence-corrected chi connectivity index (χ3v) is 7.44. The maximum absolute atomic E-state index is 13.0. The first-order chi connectivity index (χ1) is 15.5. The highest BCUT2D eigenvalue weighted by molar-refractivity contribution is 7.20. The van der Waals surface area contributed by atoms with Crippen molar-refractivity contribution >= 4 is 39.2 Å². The van der Waals surface area contributed by atoms with Crippen molar-refractivity contribution in [3.05, 3.63) is 57.0 Å². The molecule has 1 saturated heterocycles. The second kappa shape index (κ2) is 8.38. The maximum atomic E-state index is 13.0. The molecule has 1 fully saturated rings. The molecule has 4 heterocycles. The number of hydrogen-bond acceptors (Lipinski definition) is 5. The Morgan fingerprint density at radius 1 is 1.12 bits per heavy atom. The largest absolute Gasteiger partial charge is 0.348 e. The van der Waals surface area contributed by atoms with E-state index < -0.39 is 0 Å². The molecule has 0 atom stereocenters. The Morgan fingerprint density at radius 3 is 2.62 bits per heavy atom. The number of aromatic nitrogens is 2. The summed E-state index contributed by atoms with van der Waals surface area (Å²) >= 11 is 1.30. The molecule has 2 aliphatic heterocycles. The molecule has 1 aromatic carbocycles. The number of nitrogens with one attached hydrogen (secondary N) is 2. The molecule has 0 bridgehead atoms. The van der Waals surface area contributed by atoms with Gasteiger partial charge in [-0.3, -0.25) is 14.2 Å². The van der Waals surface area contributed by atoms with Gasteiger partial charge in [-0.25, -0.2) is 9.78 Å². The number of para-hydroxylation sites is 1. The van der Waals surface area contributed by atoms with E-state index in [1.165, 1.54) is 11.3 Å². The smallest absolute Gasteiger partial charge is 0.321 e. The third-order valence-electron chi connectivity index (χ3n) is 6.26. The Labute approximate surface area is 189 Å². The Morgan fingerprint density at radius 2 is 1.88 bits per heavy atom. The summed E-state index contributed by atoms with van der Waals surface area (Å²) in [6.07, 6.45) is 3.12. The van der Waals surface area contributed by atoms with Gasteiger partial charge in [0.15, 0.2) is 0 Å². The van der Waals surface area contributed by atoms with Crippen LogP contribution < -0.4 is 16.2 Å². The number of carbonyl (C=O) groups excluding carboxylic acids is 2. The average Bonchev–Trinajstić information content (AvgIpc) is 3.40. The summed E-state index contributed by atoms with van der Waals surface area (Å²) in [5, 5.41) is 6.57. The summed E-state index contributed by atoms with van der Waals surface area (Å²) in [4.78, 5) is 45.9. The first-order valence-electron chi connectivity index (χ1n) is 11.0. The molecule has 32 heavy (non-hydrogen) atoms. The monoisotopic (exact) mass is 451 g/mol. The van der Waals surface area contributed by atoms with Crippen LogP contribution in [0.5, 0.6) is 0 Å². The number of nitrogens with zero attached hydrogens (tertiary/aromatic N) is 3. The molecule has 0 unspecified atom stereocenters. The zero-order valence-electron chi connectivity index (χ0n) is 17.9. The number of likely N-dealkylation sites (tertiary alicyclic amines) is 1. The van der Waals surface area contributed by atoms with E-state index in [0.717, 1.165) is 24.4 Å². The van der Waals surface area contributed by atoms with Gasteiger partial charge in [0.05, 0.1) is 10.3 Å². The van der Waals surface area contributed by atoms with Gasteiger partial charge in [0.1, 0.15) is 10.7 Å². The molecule has 166 valence electrons. The lowest BCUT2D eigenvalue weighted by atomic mass is 10.0. The van der Waals surface area contributed by atoms with Gasteiger partial charge in [0.25, 0.3) is 11.5 Å². The van der Waals surface area contributed by atoms with Gasteiger partial charge in [0, 0.05) is 37.8 Å². The fraction of sp³-hybridized carbons (Fsp3) is 0.391. The quantitative estimate of drug-likeness (QED) is 0.639. The normalized spacial score (nSPS) is 16.2. The molecule has 0 spiro atoms. The number of piperidine rings is 1. The zero-order chi connectivity index (χ0) is 22.2. The number of rotatable bonds is 3. The number of benzene rings is 1. The highest BCUT2D eigenvalue weighted by Crippen LogP contribution is 2.29. The zero-order valence-corrected chi connectivity index (χ0v) is 18.7. The van der Waals surface area contributed by atoms with Crippen molar-refractivity contribution in [3.8, 4) is 0 Å². The van der Waals surface area contributed by atoms with Gasteiger partial charge < -0.3 is 15.5 Å². The summed E-state index contributed by atoms with van der Waals surface area (Å²) in [5.41, 5.74) is 1.44. The van der Waals surface area contributed by atoms with Crippen molar-refractivity contribution in [2.75, 3.05) is 18.4 Å². The summed E-state index contributed by atoms with van der Waals surface area (Å²) in [6.45, 7) is 3.68. The van der Waals surface area contributed by atoms with E-state index in [-0.39, 0.29) is 23.5 Å². The molecule has 2 N–H and O–H groups in total. The van der Waals surface area contributed by atoms with Gasteiger partial charge in [-0.1, -0.05) is 18.2 Å². The van der Waals surface area contributed by atoms with Gasteiger partial charge in [0.2, 0.25) is 0 Å². The van der Waals surface area contributed by atoms with Crippen LogP contribution in [0.1, 0.15) is 40.3 Å². The van der Waals surface area contributed by atoms with E-state index in [1.807, 2.05) is 37.3 Å². The van der Waals surface area contributed by atoms with Crippen LogP contribution in [0.25, 0.3) is 10.2 Å². The van der Waals surface area contributed by atoms with Crippen LogP contribution in [0.3, 0.4) is 0 Å². The molecular weight excluding hydrogens is 426 g/mol. The second-order valence-electron chi connectivity index (χ2n) is 8.36. The van der Waals surface area contributed by atoms with Crippen molar-refractivity contribution in [1.82, 2.24) is 19.8 Å². The number of aryl methyl sites for hydroxylation is 2. The summed E-state index contributed by atoms with van der Waals surface area (Å²) in [6, 6.07) is 9.24. The fourth-order valence-corrected chi connectivity index (χ4v) is 5.59. The van der Waals surface area contributed by atoms with Crippen molar-refractivity contribution in [2.24, 2.45) is 0 Å². The molecule has 3 amide bonds. The van der Waals surface area contributed by atoms with Crippen molar-refractivity contribution in [2.45, 2.75) is 45.2 Å². The van der Waals surface area contributed by atoms with Crippen LogP contribution in [-0.2, 0) is 13.0 Å². The Balaban J connectivity index is 1.23. The van der Waals surface area contributed by atoms with Crippen LogP contribution >= 0.6 is 11.3 Å². The topological polar surface area (TPSA) is 96.3 Å². The first-order valence-corrected chi connectivity index (χ1v) is 11.8. The molecule has 0 saturated carbocycles. The Bertz CT molecular complexity index is 1240. The number of urea groups is 1. The van der Waals surface area contributed by atoms with E-state index >= 15 is 0 Å². The van der Waals surface area contributed by atoms with Gasteiger partial charge >= 0.3 is 6.03 Å². The minimum atomic E-state index is -0.165. The van der Waals surface area contributed by atoms with E-state index in [1.54, 1.807) is 9.47 Å². The lowest BCUT2D eigenvalue weighted by molar-refractivity contribution is 0.0923. The molecule has 2 aromatic heterocycles. The summed E-state index contributed by atoms with van der Waals surface area (Å²) in [5.74, 6) is 0.652. The van der Waals surface area contributed by atoms with Crippen molar-refractivity contribution < 1.29 is 9.59 Å². The average molecular weight is 452 g/mol. The minimum Gasteiger partial charge on any atom is -0.348 e. The number of fused-ring (bicyclic) bond motifs is 2. The number of amides is 3. The number of thiophene rings is 1. The van der Waals surface area contributed by atoms with Crippen molar-refractivity contribution in [3.63, 3.8) is 0 Å². The van der Waals surface area contributed by atoms with Crippen LogP contribution in [0.2, 0.25) is 0 Å². The van der Waals surface area contributed by atoms with E-state index in [0.29, 0.717) is 53.1 Å². The molecule has 3 aromatic rings. The molecule has 5 rings (SSSR count). The first kappa shape index (κ1) is 20.7. The standard InChI is InChI=1S/C23H25N5O3S/c1-14-18-21(26-17-8-5-11-28(17)22(18)30)32-19(14)20(29)24-16-9-12-27(13-10-16)23(31)25-15-6-3-2-4-7-15/h2-4,6-7,16H,5,8-13H2,1H3,(H,24,29)(H,25,31). The van der Waals surface area contributed by atoms with Crippen LogP contribution in [0.4, 0.5) is 10.5 Å². The molecular formula is C23H25N5O3S. The molecule has 0 aliphatic carbocycles. The SMILES string of the molecule is Cc1c(C(=O)NC2CCN(C(=O)Nc3ccccc3)CC2)sc2nc3n(c(=O)c12)CCC3. The van der Waals surface area contributed by atoms with Crippen LogP contribution in [-0.4, -0.2) is 45.5 Å². The van der Waals surface area contributed by atoms with E-state index in [4.69, 9.17) is 0 Å². The number of anilines is 1. The second-order valence-corrected chi connectivity index (χ2v) is 9.35. The lowest BCUT2D eigenvalue weighted by Gasteiger charge is -2.32. The molecule has 8 nitrogen and oxygen atoms in total. The van der Waals surface area contributed by atoms with Gasteiger partial charge in [-0.05, 0) is 43.9 Å². The van der Waals surface area contributed by atoms with E-state index in [9.17, 15) is 14.4 Å². The van der Waals surface area contributed by atoms with Crippen LogP contribution in [0, 0.1) is 6.92 Å². The minimum absolute atomic E-state index is 0.00745. The number of hydrogen-bond donors (Lipinski definition) is 2. The highest BCUT2D eigenvalue weighted by atomic mass is 32.1. The summed E-state index contributed by atoms with van der Waals surface area (Å²) in [7, 11) is 0. The summed E-state index contributed by atoms with van der Waals surface area (Å²) < 4.78 is 1.74. The Hall–Kier alpha value is -3.20. The highest BCUT2D eigenvalue weighted by Gasteiger charge is 2.27. The van der Waals surface area contributed by atoms with Gasteiger partial charge in [-0.15, -0.1) is 11.3 Å². The lowest BCUT2D eigenvalue weighted by Crippen LogP contribution is -2.47. The fourth-order valence-electron chi connectivity index (χ4n) is 4.49. The van der Waals surface area contributed by atoms with Gasteiger partial charge in [-0.2, -0.15) is 0 Å². The number of carbonyl (C=O) groups is 2. The maximum Gasteiger partial charge on any atom is 0.321 e. The Kier molecular flexibility index (Phi) is 5.42. The molecule has 2 aliphatic rings. The predicted molar refractivity (Wildman–Crippen MR) is 124 cm³/mol. The van der Waals surface area contributed by atoms with Crippen molar-refractivity contribution in [1.29, 1.82) is 0 Å². The van der Waals surface area contributed by atoms with Crippen LogP contribution in [0.15, 0.2) is 35.1 Å². The molecule has 0 radical (unpaired) electrons. The van der Waals surface area contributed by atoms with E-state index in [2.05, 4.69) is 15.6 Å². The third kappa shape index (κ3) is 3.77. The predicted octanol–water partition coefficient (Wildman–Crippen LogP) is 3.14. The molecule has 9 heteroatoms.